The fourth-order valence-electron chi connectivity index (χ4n) is 1.68. The van der Waals surface area contributed by atoms with Gasteiger partial charge < -0.3 is 0 Å². The van der Waals surface area contributed by atoms with Crippen LogP contribution >= 0.6 is 11.3 Å². The molecular formula is C13H10F2N2O2S2. The van der Waals surface area contributed by atoms with Gasteiger partial charge in [-0.05, 0) is 36.2 Å². The highest BCUT2D eigenvalue weighted by atomic mass is 32.2. The van der Waals surface area contributed by atoms with Gasteiger partial charge in [-0.15, -0.1) is 11.3 Å². The summed E-state index contributed by atoms with van der Waals surface area (Å²) in [7, 11) is -3.71. The van der Waals surface area contributed by atoms with Gasteiger partial charge in [0, 0.05) is 12.6 Å². The highest BCUT2D eigenvalue weighted by Gasteiger charge is 2.16. The first-order valence-electron chi connectivity index (χ1n) is 5.85. The minimum Gasteiger partial charge on any atom is -0.210 e. The summed E-state index contributed by atoms with van der Waals surface area (Å²) < 4.78 is 52.2. The van der Waals surface area contributed by atoms with Gasteiger partial charge >= 0.3 is 0 Å². The van der Waals surface area contributed by atoms with Gasteiger partial charge in [0.1, 0.15) is 26.8 Å². The fourth-order valence-corrected chi connectivity index (χ4v) is 3.86. The molecule has 0 fully saturated rings. The molecule has 1 aromatic heterocycles. The molecule has 0 aliphatic carbocycles. The Morgan fingerprint density at radius 2 is 1.86 bits per heavy atom. The average molecular weight is 328 g/mol. The van der Waals surface area contributed by atoms with Gasteiger partial charge in [0.2, 0.25) is 10.0 Å². The zero-order chi connectivity index (χ0) is 15.5. The maximum atomic E-state index is 13.0. The Balaban J connectivity index is 2.00. The summed E-state index contributed by atoms with van der Waals surface area (Å²) in [5.41, 5.74) is 0.360. The lowest BCUT2D eigenvalue weighted by molar-refractivity contribution is 0.577. The van der Waals surface area contributed by atoms with E-state index in [1.807, 2.05) is 6.07 Å². The molecule has 21 heavy (non-hydrogen) atoms. The first-order chi connectivity index (χ1) is 9.90. The number of nitriles is 1. The molecule has 1 N–H and O–H groups in total. The second kappa shape index (κ2) is 6.30. The Hall–Kier alpha value is -1.82. The molecule has 110 valence electrons. The molecule has 8 heteroatoms. The summed E-state index contributed by atoms with van der Waals surface area (Å²) in [6, 6.07) is 7.67. The van der Waals surface area contributed by atoms with E-state index >= 15 is 0 Å². The van der Waals surface area contributed by atoms with Gasteiger partial charge in [0.05, 0.1) is 0 Å². The molecule has 1 aromatic carbocycles. The van der Waals surface area contributed by atoms with Crippen molar-refractivity contribution in [2.45, 2.75) is 10.6 Å². The zero-order valence-electron chi connectivity index (χ0n) is 10.6. The molecule has 4 nitrogen and oxygen atoms in total. The molecule has 0 unspecified atom stereocenters. The van der Waals surface area contributed by atoms with Crippen molar-refractivity contribution in [2.24, 2.45) is 0 Å². The van der Waals surface area contributed by atoms with Crippen LogP contribution in [0.2, 0.25) is 0 Å². The standard InChI is InChI=1S/C13H10F2N2O2S2/c14-10-5-9(6-11(15)7-10)3-4-17-21(18,19)13-2-1-12(8-16)20-13/h1-2,5-7,17H,3-4H2. The van der Waals surface area contributed by atoms with E-state index in [4.69, 9.17) is 5.26 Å². The van der Waals surface area contributed by atoms with Crippen LogP contribution in [0.1, 0.15) is 10.4 Å². The van der Waals surface area contributed by atoms with Crippen molar-refractivity contribution in [2.75, 3.05) is 6.54 Å². The van der Waals surface area contributed by atoms with Crippen molar-refractivity contribution in [1.29, 1.82) is 5.26 Å². The zero-order valence-corrected chi connectivity index (χ0v) is 12.3. The Kier molecular flexibility index (Phi) is 4.67. The number of nitrogens with zero attached hydrogens (tertiary/aromatic N) is 1. The molecule has 2 aromatic rings. The number of hydrogen-bond acceptors (Lipinski definition) is 4. The summed E-state index contributed by atoms with van der Waals surface area (Å²) in [5.74, 6) is -1.41. The van der Waals surface area contributed by atoms with E-state index < -0.39 is 21.7 Å². The fraction of sp³-hybridized carbons (Fsp3) is 0.154. The molecule has 0 radical (unpaired) electrons. The van der Waals surface area contributed by atoms with Crippen molar-refractivity contribution in [3.8, 4) is 6.07 Å². The lowest BCUT2D eigenvalue weighted by Crippen LogP contribution is -2.25. The lowest BCUT2D eigenvalue weighted by Gasteiger charge is -2.05. The van der Waals surface area contributed by atoms with Gasteiger partial charge in [-0.25, -0.2) is 21.9 Å². The average Bonchev–Trinajstić information content (AvgIpc) is 2.86. The van der Waals surface area contributed by atoms with Crippen LogP contribution in [0.5, 0.6) is 0 Å². The third-order valence-electron chi connectivity index (χ3n) is 2.58. The molecule has 0 saturated carbocycles. The van der Waals surface area contributed by atoms with E-state index in [2.05, 4.69) is 4.72 Å². The van der Waals surface area contributed by atoms with Crippen LogP contribution in [-0.2, 0) is 16.4 Å². The van der Waals surface area contributed by atoms with E-state index in [0.29, 0.717) is 10.4 Å². The molecule has 0 atom stereocenters. The highest BCUT2D eigenvalue weighted by Crippen LogP contribution is 2.20. The van der Waals surface area contributed by atoms with Crippen molar-refractivity contribution >= 4 is 21.4 Å². The number of benzene rings is 1. The molecule has 0 spiro atoms. The first kappa shape index (κ1) is 15.6. The number of nitrogens with one attached hydrogen (secondary N) is 1. The van der Waals surface area contributed by atoms with Crippen LogP contribution in [-0.4, -0.2) is 15.0 Å². The number of thiophene rings is 1. The number of sulfonamides is 1. The van der Waals surface area contributed by atoms with Crippen LogP contribution < -0.4 is 4.72 Å². The highest BCUT2D eigenvalue weighted by molar-refractivity contribution is 7.91. The van der Waals surface area contributed by atoms with Gasteiger partial charge in [0.25, 0.3) is 0 Å². The van der Waals surface area contributed by atoms with Gasteiger partial charge in [0.15, 0.2) is 0 Å². The molecule has 2 rings (SSSR count). The quantitative estimate of drug-likeness (QED) is 0.916. The Bertz CT molecular complexity index is 774. The summed E-state index contributed by atoms with van der Waals surface area (Å²) in [5, 5.41) is 8.67. The molecule has 0 aliphatic rings. The summed E-state index contributed by atoms with van der Waals surface area (Å²) in [6.07, 6.45) is 0.157. The topological polar surface area (TPSA) is 70.0 Å². The minimum atomic E-state index is -3.71. The first-order valence-corrected chi connectivity index (χ1v) is 8.15. The molecule has 0 saturated heterocycles. The van der Waals surface area contributed by atoms with Crippen LogP contribution in [0, 0.1) is 23.0 Å². The Morgan fingerprint density at radius 1 is 1.19 bits per heavy atom. The van der Waals surface area contributed by atoms with Crippen molar-refractivity contribution in [3.05, 3.63) is 52.4 Å². The molecule has 0 bridgehead atoms. The summed E-state index contributed by atoms with van der Waals surface area (Å²) >= 11 is 0.859. The van der Waals surface area contributed by atoms with Gasteiger partial charge in [-0.1, -0.05) is 0 Å². The van der Waals surface area contributed by atoms with Gasteiger partial charge in [-0.3, -0.25) is 0 Å². The summed E-state index contributed by atoms with van der Waals surface area (Å²) in [6.45, 7) is 0.00497. The van der Waals surface area contributed by atoms with E-state index in [0.717, 1.165) is 29.5 Å². The SMILES string of the molecule is N#Cc1ccc(S(=O)(=O)NCCc2cc(F)cc(F)c2)s1. The Labute approximate surface area is 124 Å². The predicted molar refractivity (Wildman–Crippen MR) is 74.3 cm³/mol. The monoisotopic (exact) mass is 328 g/mol. The normalized spacial score (nSPS) is 11.3. The third-order valence-corrected chi connectivity index (χ3v) is 5.53. The maximum absolute atomic E-state index is 13.0. The van der Waals surface area contributed by atoms with Crippen molar-refractivity contribution < 1.29 is 17.2 Å². The molecular weight excluding hydrogens is 318 g/mol. The third kappa shape index (κ3) is 4.07. The van der Waals surface area contributed by atoms with E-state index in [9.17, 15) is 17.2 Å². The lowest BCUT2D eigenvalue weighted by atomic mass is 10.1. The van der Waals surface area contributed by atoms with Crippen LogP contribution in [0.15, 0.2) is 34.5 Å². The molecule has 0 aliphatic heterocycles. The Morgan fingerprint density at radius 3 is 2.43 bits per heavy atom. The second-order valence-corrected chi connectivity index (χ2v) is 7.23. The minimum absolute atomic E-state index is 0.00497. The number of hydrogen-bond donors (Lipinski definition) is 1. The van der Waals surface area contributed by atoms with E-state index in [-0.39, 0.29) is 17.2 Å². The van der Waals surface area contributed by atoms with Crippen molar-refractivity contribution in [3.63, 3.8) is 0 Å². The largest absolute Gasteiger partial charge is 0.250 e. The van der Waals surface area contributed by atoms with E-state index in [1.54, 1.807) is 0 Å². The summed E-state index contributed by atoms with van der Waals surface area (Å²) in [4.78, 5) is 0.294. The second-order valence-electron chi connectivity index (χ2n) is 4.16. The van der Waals surface area contributed by atoms with Crippen molar-refractivity contribution in [1.82, 2.24) is 4.72 Å². The molecule has 1 heterocycles. The van der Waals surface area contributed by atoms with Crippen LogP contribution in [0.3, 0.4) is 0 Å². The molecule has 0 amide bonds. The smallest absolute Gasteiger partial charge is 0.210 e. The number of rotatable bonds is 5. The number of halogens is 2. The maximum Gasteiger partial charge on any atom is 0.250 e. The predicted octanol–water partition coefficient (Wildman–Crippen LogP) is 2.42. The van der Waals surface area contributed by atoms with Crippen LogP contribution in [0.4, 0.5) is 8.78 Å². The van der Waals surface area contributed by atoms with Crippen LogP contribution in [0.25, 0.3) is 0 Å². The van der Waals surface area contributed by atoms with E-state index in [1.165, 1.54) is 12.1 Å². The van der Waals surface area contributed by atoms with Gasteiger partial charge in [-0.2, -0.15) is 5.26 Å².